The Hall–Kier alpha value is -2.68. The molecular weight excluding hydrogens is 374 g/mol. The largest absolute Gasteiger partial charge is 0.468 e. The van der Waals surface area contributed by atoms with Gasteiger partial charge in [-0.1, -0.05) is 24.3 Å². The average Bonchev–Trinajstić information content (AvgIpc) is 3.28. The Morgan fingerprint density at radius 2 is 1.72 bits per heavy atom. The van der Waals surface area contributed by atoms with E-state index < -0.39 is 18.1 Å². The van der Waals surface area contributed by atoms with Crippen LogP contribution < -0.4 is 10.6 Å². The Kier molecular flexibility index (Phi) is 7.40. The van der Waals surface area contributed by atoms with E-state index in [1.165, 1.54) is 25.3 Å². The van der Waals surface area contributed by atoms with Crippen LogP contribution in [0.4, 0.5) is 0 Å². The number of ether oxygens (including phenoxy) is 2. The molecular formula is C21H27N3O5. The van der Waals surface area contributed by atoms with Crippen molar-refractivity contribution in [2.45, 2.75) is 25.3 Å². The molecule has 29 heavy (non-hydrogen) atoms. The Balaban J connectivity index is 1.61. The highest BCUT2D eigenvalue weighted by atomic mass is 16.7. The van der Waals surface area contributed by atoms with Crippen molar-refractivity contribution < 1.29 is 23.5 Å². The van der Waals surface area contributed by atoms with Gasteiger partial charge in [0.2, 0.25) is 0 Å². The molecule has 2 heterocycles. The average molecular weight is 401 g/mol. The van der Waals surface area contributed by atoms with Crippen molar-refractivity contribution in [3.63, 3.8) is 0 Å². The van der Waals surface area contributed by atoms with E-state index in [1.54, 1.807) is 6.26 Å². The summed E-state index contributed by atoms with van der Waals surface area (Å²) >= 11 is 0. The van der Waals surface area contributed by atoms with Crippen molar-refractivity contribution in [1.29, 1.82) is 0 Å². The third-order valence-electron chi connectivity index (χ3n) is 5.09. The minimum Gasteiger partial charge on any atom is -0.468 e. The fourth-order valence-corrected chi connectivity index (χ4v) is 3.46. The van der Waals surface area contributed by atoms with E-state index in [0.29, 0.717) is 0 Å². The summed E-state index contributed by atoms with van der Waals surface area (Å²) in [6, 6.07) is 11.9. The van der Waals surface area contributed by atoms with Crippen LogP contribution in [0.15, 0.2) is 47.1 Å². The second-order valence-corrected chi connectivity index (χ2v) is 6.84. The summed E-state index contributed by atoms with van der Waals surface area (Å²) in [7, 11) is 2.93. The maximum atomic E-state index is 12.2. The molecule has 0 unspecified atom stereocenters. The van der Waals surface area contributed by atoms with Crippen molar-refractivity contribution in [2.24, 2.45) is 0 Å². The summed E-state index contributed by atoms with van der Waals surface area (Å²) in [6.45, 7) is 1.95. The molecule has 3 rings (SSSR count). The third kappa shape index (κ3) is 5.44. The Morgan fingerprint density at radius 1 is 1.03 bits per heavy atom. The SMILES string of the molecule is COC(CNC(=O)C(=O)NC[C@H](c1ccco1)N1CCc2ccccc2C1)OC. The van der Waals surface area contributed by atoms with Crippen LogP contribution in [0.5, 0.6) is 0 Å². The fraction of sp³-hybridized carbons (Fsp3) is 0.429. The van der Waals surface area contributed by atoms with Gasteiger partial charge in [0.1, 0.15) is 5.76 Å². The minimum absolute atomic E-state index is 0.0871. The summed E-state index contributed by atoms with van der Waals surface area (Å²) < 4.78 is 15.6. The minimum atomic E-state index is -0.730. The lowest BCUT2D eigenvalue weighted by Gasteiger charge is -2.34. The summed E-state index contributed by atoms with van der Waals surface area (Å²) in [6.07, 6.45) is 1.94. The van der Waals surface area contributed by atoms with Crippen LogP contribution in [0.25, 0.3) is 0 Å². The fourth-order valence-electron chi connectivity index (χ4n) is 3.46. The molecule has 1 aliphatic rings. The first-order valence-corrected chi connectivity index (χ1v) is 9.58. The van der Waals surface area contributed by atoms with Crippen LogP contribution in [0.3, 0.4) is 0 Å². The number of nitrogens with zero attached hydrogens (tertiary/aromatic N) is 1. The van der Waals surface area contributed by atoms with Crippen molar-refractivity contribution >= 4 is 11.8 Å². The van der Waals surface area contributed by atoms with Gasteiger partial charge in [-0.2, -0.15) is 0 Å². The smallest absolute Gasteiger partial charge is 0.309 e. The van der Waals surface area contributed by atoms with Gasteiger partial charge in [0.15, 0.2) is 6.29 Å². The van der Waals surface area contributed by atoms with Gasteiger partial charge in [0.05, 0.1) is 18.8 Å². The molecule has 0 bridgehead atoms. The molecule has 0 saturated carbocycles. The normalized spacial score (nSPS) is 15.0. The monoisotopic (exact) mass is 401 g/mol. The molecule has 2 N–H and O–H groups in total. The van der Waals surface area contributed by atoms with Gasteiger partial charge in [0.25, 0.3) is 0 Å². The molecule has 1 aromatic heterocycles. The molecule has 0 radical (unpaired) electrons. The van der Waals surface area contributed by atoms with E-state index in [2.05, 4.69) is 33.7 Å². The highest BCUT2D eigenvalue weighted by molar-refractivity contribution is 6.35. The number of hydrogen-bond donors (Lipinski definition) is 2. The second-order valence-electron chi connectivity index (χ2n) is 6.84. The molecule has 0 fully saturated rings. The molecule has 1 atom stereocenters. The number of carbonyl (C=O) groups is 2. The van der Waals surface area contributed by atoms with Gasteiger partial charge in [-0.3, -0.25) is 14.5 Å². The zero-order valence-corrected chi connectivity index (χ0v) is 16.7. The van der Waals surface area contributed by atoms with Gasteiger partial charge in [-0.15, -0.1) is 0 Å². The van der Waals surface area contributed by atoms with E-state index in [9.17, 15) is 9.59 Å². The number of furan rings is 1. The van der Waals surface area contributed by atoms with Gasteiger partial charge in [-0.05, 0) is 29.7 Å². The lowest BCUT2D eigenvalue weighted by Crippen LogP contribution is -2.46. The summed E-state index contributed by atoms with van der Waals surface area (Å²) in [5.41, 5.74) is 2.61. The summed E-state index contributed by atoms with van der Waals surface area (Å²) in [4.78, 5) is 26.5. The summed E-state index contributed by atoms with van der Waals surface area (Å²) in [5, 5.41) is 5.21. The first kappa shape index (κ1) is 21.0. The van der Waals surface area contributed by atoms with E-state index in [1.807, 2.05) is 18.2 Å². The number of hydrogen-bond acceptors (Lipinski definition) is 6. The number of carbonyl (C=O) groups excluding carboxylic acids is 2. The van der Waals surface area contributed by atoms with Crippen LogP contribution in [0.1, 0.15) is 22.9 Å². The molecule has 0 spiro atoms. The predicted octanol–water partition coefficient (Wildman–Crippen LogP) is 1.23. The van der Waals surface area contributed by atoms with Crippen molar-refractivity contribution in [3.05, 3.63) is 59.5 Å². The van der Waals surface area contributed by atoms with E-state index in [4.69, 9.17) is 13.9 Å². The maximum absolute atomic E-state index is 12.2. The van der Waals surface area contributed by atoms with E-state index in [-0.39, 0.29) is 19.1 Å². The summed E-state index contributed by atoms with van der Waals surface area (Å²) in [5.74, 6) is -0.680. The number of amides is 2. The number of benzene rings is 1. The van der Waals surface area contributed by atoms with Crippen molar-refractivity contribution in [2.75, 3.05) is 33.9 Å². The number of fused-ring (bicyclic) bond motifs is 1. The van der Waals surface area contributed by atoms with Gasteiger partial charge in [0, 0.05) is 33.9 Å². The number of nitrogens with one attached hydrogen (secondary N) is 2. The molecule has 156 valence electrons. The van der Waals surface area contributed by atoms with E-state index >= 15 is 0 Å². The molecule has 2 aromatic rings. The lowest BCUT2D eigenvalue weighted by atomic mass is 9.98. The van der Waals surface area contributed by atoms with Crippen LogP contribution in [0.2, 0.25) is 0 Å². The topological polar surface area (TPSA) is 93.0 Å². The molecule has 1 aromatic carbocycles. The standard InChI is InChI=1S/C21H27N3O5/c1-27-19(28-2)13-23-21(26)20(25)22-12-17(18-8-5-11-29-18)24-10-9-15-6-3-4-7-16(15)14-24/h3-8,11,17,19H,9-10,12-14H2,1-2H3,(H,22,25)(H,23,26)/t17-/m1/s1. The highest BCUT2D eigenvalue weighted by Crippen LogP contribution is 2.27. The van der Waals surface area contributed by atoms with Crippen LogP contribution in [0, 0.1) is 0 Å². The highest BCUT2D eigenvalue weighted by Gasteiger charge is 2.28. The molecule has 1 aliphatic heterocycles. The number of rotatable bonds is 8. The maximum Gasteiger partial charge on any atom is 0.309 e. The van der Waals surface area contributed by atoms with Crippen LogP contribution >= 0.6 is 0 Å². The molecule has 8 nitrogen and oxygen atoms in total. The Labute approximate surface area is 170 Å². The van der Waals surface area contributed by atoms with Crippen LogP contribution in [-0.2, 0) is 32.0 Å². The molecule has 0 saturated heterocycles. The third-order valence-corrected chi connectivity index (χ3v) is 5.09. The first-order chi connectivity index (χ1) is 14.1. The van der Waals surface area contributed by atoms with Gasteiger partial charge < -0.3 is 24.5 Å². The predicted molar refractivity (Wildman–Crippen MR) is 106 cm³/mol. The first-order valence-electron chi connectivity index (χ1n) is 9.58. The van der Waals surface area contributed by atoms with Crippen LogP contribution in [-0.4, -0.2) is 56.9 Å². The molecule has 2 amide bonds. The lowest BCUT2D eigenvalue weighted by molar-refractivity contribution is -0.141. The zero-order valence-electron chi connectivity index (χ0n) is 16.7. The van der Waals surface area contributed by atoms with E-state index in [0.717, 1.165) is 25.3 Å². The van der Waals surface area contributed by atoms with Crippen molar-refractivity contribution in [1.82, 2.24) is 15.5 Å². The molecule has 0 aliphatic carbocycles. The molecule has 8 heteroatoms. The van der Waals surface area contributed by atoms with Gasteiger partial charge >= 0.3 is 11.8 Å². The van der Waals surface area contributed by atoms with Gasteiger partial charge in [-0.25, -0.2) is 0 Å². The van der Waals surface area contributed by atoms with Crippen molar-refractivity contribution in [3.8, 4) is 0 Å². The second kappa shape index (κ2) is 10.2. The Bertz CT molecular complexity index is 804. The zero-order chi connectivity index (χ0) is 20.6. The number of methoxy groups -OCH3 is 2. The quantitative estimate of drug-likeness (QED) is 0.511. The Morgan fingerprint density at radius 3 is 2.38 bits per heavy atom.